The molecule has 38 heavy (non-hydrogen) atoms. The van der Waals surface area contributed by atoms with Crippen molar-refractivity contribution in [2.75, 3.05) is 7.11 Å². The summed E-state index contributed by atoms with van der Waals surface area (Å²) in [5.41, 5.74) is 1.28. The summed E-state index contributed by atoms with van der Waals surface area (Å²) >= 11 is 0. The monoisotopic (exact) mass is 503 g/mol. The number of para-hydroxylation sites is 1. The molecule has 8 nitrogen and oxygen atoms in total. The Morgan fingerprint density at radius 1 is 0.921 bits per heavy atom. The largest absolute Gasteiger partial charge is 0.496 e. The lowest BCUT2D eigenvalue weighted by atomic mass is 10.0. The predicted molar refractivity (Wildman–Crippen MR) is 146 cm³/mol. The molecule has 2 heterocycles. The van der Waals surface area contributed by atoms with Gasteiger partial charge in [-0.1, -0.05) is 48.5 Å². The van der Waals surface area contributed by atoms with Crippen LogP contribution in [-0.2, 0) is 4.79 Å². The summed E-state index contributed by atoms with van der Waals surface area (Å²) in [7, 11) is 1.58. The second-order valence-corrected chi connectivity index (χ2v) is 8.59. The Labute approximate surface area is 216 Å². The molecule has 0 aliphatic heterocycles. The minimum absolute atomic E-state index is 0.220. The number of rotatable bonds is 5. The normalized spacial score (nSPS) is 11.5. The van der Waals surface area contributed by atoms with E-state index in [0.29, 0.717) is 39.3 Å². The predicted octanol–water partition coefficient (Wildman–Crippen LogP) is 5.78. The van der Waals surface area contributed by atoms with Crippen molar-refractivity contribution in [2.24, 2.45) is 5.10 Å². The van der Waals surface area contributed by atoms with Gasteiger partial charge in [0.15, 0.2) is 5.76 Å². The van der Waals surface area contributed by atoms with Gasteiger partial charge in [0.25, 0.3) is 5.56 Å². The highest BCUT2D eigenvalue weighted by Gasteiger charge is 2.18. The lowest BCUT2D eigenvalue weighted by Gasteiger charge is -2.10. The molecule has 0 bridgehead atoms. The number of furan rings is 1. The van der Waals surface area contributed by atoms with Crippen molar-refractivity contribution in [1.82, 2.24) is 9.66 Å². The third-order valence-electron chi connectivity index (χ3n) is 6.20. The van der Waals surface area contributed by atoms with Crippen molar-refractivity contribution in [1.29, 1.82) is 0 Å². The number of benzene rings is 4. The maximum absolute atomic E-state index is 13.7. The molecule has 0 amide bonds. The lowest BCUT2D eigenvalue weighted by molar-refractivity contribution is -0.131. The Morgan fingerprint density at radius 3 is 2.53 bits per heavy atom. The van der Waals surface area contributed by atoms with E-state index in [1.807, 2.05) is 54.6 Å². The van der Waals surface area contributed by atoms with E-state index in [0.717, 1.165) is 16.2 Å². The van der Waals surface area contributed by atoms with Gasteiger partial charge in [0.05, 0.1) is 29.6 Å². The molecule has 6 rings (SSSR count). The number of hydrogen-bond donors (Lipinski definition) is 0. The van der Waals surface area contributed by atoms with Crippen LogP contribution in [0.15, 0.2) is 99.2 Å². The van der Waals surface area contributed by atoms with Crippen molar-refractivity contribution < 1.29 is 18.7 Å². The van der Waals surface area contributed by atoms with Gasteiger partial charge in [-0.3, -0.25) is 9.59 Å². The minimum Gasteiger partial charge on any atom is -0.496 e. The van der Waals surface area contributed by atoms with E-state index < -0.39 is 5.97 Å². The van der Waals surface area contributed by atoms with Gasteiger partial charge in [-0.15, -0.1) is 0 Å². The average molecular weight is 504 g/mol. The van der Waals surface area contributed by atoms with E-state index >= 15 is 0 Å². The molecule has 8 heteroatoms. The fraction of sp³-hybridized carbons (Fsp3) is 0.0667. The molecule has 0 unspecified atom stereocenters. The zero-order valence-electron chi connectivity index (χ0n) is 20.5. The quantitative estimate of drug-likeness (QED) is 0.168. The van der Waals surface area contributed by atoms with E-state index in [-0.39, 0.29) is 11.4 Å². The summed E-state index contributed by atoms with van der Waals surface area (Å²) < 4.78 is 18.2. The average Bonchev–Trinajstić information content (AvgIpc) is 3.37. The molecule has 2 aromatic heterocycles. The van der Waals surface area contributed by atoms with Crippen LogP contribution < -0.4 is 15.0 Å². The lowest BCUT2D eigenvalue weighted by Crippen LogP contribution is -2.20. The first-order valence-corrected chi connectivity index (χ1v) is 11.9. The molecule has 0 saturated carbocycles. The van der Waals surface area contributed by atoms with E-state index in [9.17, 15) is 9.59 Å². The van der Waals surface area contributed by atoms with E-state index in [4.69, 9.17) is 18.9 Å². The second-order valence-electron chi connectivity index (χ2n) is 8.59. The molecule has 186 valence electrons. The molecule has 0 N–H and O–H groups in total. The third-order valence-corrected chi connectivity index (χ3v) is 6.20. The molecular weight excluding hydrogens is 482 g/mol. The van der Waals surface area contributed by atoms with Crippen LogP contribution in [0.5, 0.6) is 11.5 Å². The molecule has 0 spiro atoms. The smallest absolute Gasteiger partial charge is 0.308 e. The molecule has 0 atom stereocenters. The Hall–Kier alpha value is -5.24. The third kappa shape index (κ3) is 3.98. The number of aromatic nitrogens is 2. The SMILES string of the molecule is COc1cccc2oc(-c3nc4ccccc4c(=O)n3N=Cc3c(OC(C)=O)ccc4ccccc34)cc12. The van der Waals surface area contributed by atoms with Crippen molar-refractivity contribution in [3.05, 3.63) is 101 Å². The summed E-state index contributed by atoms with van der Waals surface area (Å²) in [5.74, 6) is 1.07. The molecule has 0 radical (unpaired) electrons. The molecular formula is C30H21N3O5. The highest BCUT2D eigenvalue weighted by atomic mass is 16.5. The van der Waals surface area contributed by atoms with E-state index in [1.165, 1.54) is 17.8 Å². The summed E-state index contributed by atoms with van der Waals surface area (Å²) in [6.45, 7) is 1.34. The van der Waals surface area contributed by atoms with Gasteiger partial charge >= 0.3 is 5.97 Å². The Balaban J connectivity index is 1.60. The van der Waals surface area contributed by atoms with Crippen LogP contribution in [0.25, 0.3) is 44.2 Å². The van der Waals surface area contributed by atoms with Gasteiger partial charge in [-0.05, 0) is 47.2 Å². The Kier molecular flexibility index (Phi) is 5.69. The zero-order valence-corrected chi connectivity index (χ0v) is 20.5. The molecule has 0 saturated heterocycles. The number of esters is 1. The van der Waals surface area contributed by atoms with Gasteiger partial charge in [-0.2, -0.15) is 9.78 Å². The number of methoxy groups -OCH3 is 1. The summed E-state index contributed by atoms with van der Waals surface area (Å²) in [6.07, 6.45) is 1.51. The fourth-order valence-corrected chi connectivity index (χ4v) is 4.48. The van der Waals surface area contributed by atoms with Gasteiger partial charge < -0.3 is 13.9 Å². The van der Waals surface area contributed by atoms with Gasteiger partial charge in [0.1, 0.15) is 17.1 Å². The van der Waals surface area contributed by atoms with Crippen molar-refractivity contribution in [2.45, 2.75) is 6.92 Å². The first-order chi connectivity index (χ1) is 18.5. The zero-order chi connectivity index (χ0) is 26.2. The Bertz CT molecular complexity index is 1950. The van der Waals surface area contributed by atoms with Crippen LogP contribution >= 0.6 is 0 Å². The van der Waals surface area contributed by atoms with E-state index in [1.54, 1.807) is 37.4 Å². The first kappa shape index (κ1) is 23.2. The Morgan fingerprint density at radius 2 is 1.71 bits per heavy atom. The number of fused-ring (bicyclic) bond motifs is 3. The van der Waals surface area contributed by atoms with E-state index in [2.05, 4.69) is 5.10 Å². The molecule has 6 aromatic rings. The minimum atomic E-state index is -0.462. The van der Waals surface area contributed by atoms with Crippen LogP contribution in [0.3, 0.4) is 0 Å². The van der Waals surface area contributed by atoms with Crippen LogP contribution in [0.2, 0.25) is 0 Å². The number of carbonyl (C=O) groups excluding carboxylic acids is 1. The van der Waals surface area contributed by atoms with Crippen molar-refractivity contribution in [3.63, 3.8) is 0 Å². The van der Waals surface area contributed by atoms with Gasteiger partial charge in [0.2, 0.25) is 5.82 Å². The fourth-order valence-electron chi connectivity index (χ4n) is 4.48. The van der Waals surface area contributed by atoms with Crippen molar-refractivity contribution >= 4 is 44.8 Å². The maximum atomic E-state index is 13.7. The molecule has 0 fully saturated rings. The number of hydrogen-bond acceptors (Lipinski definition) is 7. The van der Waals surface area contributed by atoms with Crippen LogP contribution in [0.4, 0.5) is 0 Å². The number of carbonyl (C=O) groups is 1. The number of ether oxygens (including phenoxy) is 2. The van der Waals surface area contributed by atoms with Crippen LogP contribution in [-0.4, -0.2) is 29.0 Å². The molecule has 0 aliphatic rings. The summed E-state index contributed by atoms with van der Waals surface area (Å²) in [6, 6.07) is 25.5. The van der Waals surface area contributed by atoms with Gasteiger partial charge in [0, 0.05) is 12.5 Å². The highest BCUT2D eigenvalue weighted by Crippen LogP contribution is 2.33. The topological polar surface area (TPSA) is 95.9 Å². The summed E-state index contributed by atoms with van der Waals surface area (Å²) in [5, 5.41) is 7.46. The molecule has 4 aromatic carbocycles. The standard InChI is InChI=1S/C30H21N3O5/c1-18(34)37-27-15-14-19-8-3-4-9-20(19)23(27)17-31-33-29(32-24-11-6-5-10-21(24)30(33)35)28-16-22-25(36-2)12-7-13-26(22)38-28/h3-17H,1-2H3. The summed E-state index contributed by atoms with van der Waals surface area (Å²) in [4.78, 5) is 30.2. The maximum Gasteiger partial charge on any atom is 0.308 e. The first-order valence-electron chi connectivity index (χ1n) is 11.9. The van der Waals surface area contributed by atoms with Crippen LogP contribution in [0.1, 0.15) is 12.5 Å². The highest BCUT2D eigenvalue weighted by molar-refractivity contribution is 6.03. The number of nitrogens with zero attached hydrogens (tertiary/aromatic N) is 3. The van der Waals surface area contributed by atoms with Crippen molar-refractivity contribution in [3.8, 4) is 23.1 Å². The van der Waals surface area contributed by atoms with Gasteiger partial charge in [-0.25, -0.2) is 4.98 Å². The van der Waals surface area contributed by atoms with Crippen LogP contribution in [0, 0.1) is 0 Å². The second kappa shape index (κ2) is 9.33. The molecule has 0 aliphatic carbocycles.